The number of rotatable bonds is 12. The highest BCUT2D eigenvalue weighted by molar-refractivity contribution is 7.48. The molecule has 2 unspecified atom stereocenters. The number of phosphoric ester groups is 2. The third-order valence-corrected chi connectivity index (χ3v) is 5.15. The molecule has 0 aliphatic heterocycles. The van der Waals surface area contributed by atoms with Crippen molar-refractivity contribution >= 4 is 15.6 Å². The number of phosphoric acid groups is 2. The maximum absolute atomic E-state index is 11.9. The number of aliphatic hydroxyl groups excluding tert-OH is 2. The number of aliphatic hydroxyl groups is 2. The van der Waals surface area contributed by atoms with E-state index in [0.717, 1.165) is 0 Å². The predicted molar refractivity (Wildman–Crippen MR) is 101 cm³/mol. The standard InChI is InChI=1S/C16H28O10P2/c1-15(2,9-17)11-23-27(19,20)25-13-5-7-14(8-6-13)26-28(21,22)24-12-16(3,4)10-18/h5-8,17-18H,9-12H2,1-4H3,(H,19,20)(H,21,22). The molecule has 0 amide bonds. The predicted octanol–water partition coefficient (Wildman–Crippen LogP) is 2.72. The van der Waals surface area contributed by atoms with E-state index in [9.17, 15) is 18.9 Å². The molecule has 0 radical (unpaired) electrons. The van der Waals surface area contributed by atoms with Crippen molar-refractivity contribution < 1.29 is 47.2 Å². The van der Waals surface area contributed by atoms with E-state index in [4.69, 9.17) is 28.3 Å². The van der Waals surface area contributed by atoms with Crippen molar-refractivity contribution in [2.75, 3.05) is 26.4 Å². The van der Waals surface area contributed by atoms with Gasteiger partial charge in [0, 0.05) is 10.8 Å². The zero-order chi connectivity index (χ0) is 21.6. The second-order valence-corrected chi connectivity index (χ2v) is 10.5. The lowest BCUT2D eigenvalue weighted by molar-refractivity contribution is 0.0782. The van der Waals surface area contributed by atoms with Crippen LogP contribution in [0.2, 0.25) is 0 Å². The first-order chi connectivity index (χ1) is 12.7. The fraction of sp³-hybridized carbons (Fsp3) is 0.625. The van der Waals surface area contributed by atoms with Crippen LogP contribution in [0.4, 0.5) is 0 Å². The van der Waals surface area contributed by atoms with Gasteiger partial charge < -0.3 is 19.3 Å². The molecule has 12 heteroatoms. The third kappa shape index (κ3) is 9.49. The van der Waals surface area contributed by atoms with Crippen LogP contribution < -0.4 is 9.05 Å². The van der Waals surface area contributed by atoms with Crippen molar-refractivity contribution in [3.63, 3.8) is 0 Å². The van der Waals surface area contributed by atoms with Gasteiger partial charge in [-0.2, -0.15) is 0 Å². The Morgan fingerprint density at radius 2 is 1.04 bits per heavy atom. The molecule has 162 valence electrons. The van der Waals surface area contributed by atoms with Crippen LogP contribution in [0.5, 0.6) is 11.5 Å². The average Bonchev–Trinajstić information content (AvgIpc) is 2.60. The summed E-state index contributed by atoms with van der Waals surface area (Å²) in [5, 5.41) is 18.3. The molecule has 1 aromatic carbocycles. The largest absolute Gasteiger partial charge is 0.527 e. The van der Waals surface area contributed by atoms with Crippen molar-refractivity contribution in [1.29, 1.82) is 0 Å². The fourth-order valence-corrected chi connectivity index (χ4v) is 3.39. The van der Waals surface area contributed by atoms with E-state index in [1.165, 1.54) is 24.3 Å². The van der Waals surface area contributed by atoms with Gasteiger partial charge in [-0.05, 0) is 24.3 Å². The van der Waals surface area contributed by atoms with Crippen LogP contribution in [-0.2, 0) is 18.2 Å². The molecule has 2 atom stereocenters. The number of benzene rings is 1. The lowest BCUT2D eigenvalue weighted by Gasteiger charge is -2.23. The van der Waals surface area contributed by atoms with Gasteiger partial charge in [0.1, 0.15) is 11.5 Å². The minimum absolute atomic E-state index is 0.0323. The van der Waals surface area contributed by atoms with Crippen LogP contribution in [0.3, 0.4) is 0 Å². The van der Waals surface area contributed by atoms with E-state index in [1.807, 2.05) is 0 Å². The highest BCUT2D eigenvalue weighted by atomic mass is 31.2. The molecule has 1 rings (SSSR count). The molecule has 0 saturated carbocycles. The summed E-state index contributed by atoms with van der Waals surface area (Å²) in [7, 11) is -8.84. The molecule has 0 aliphatic rings. The van der Waals surface area contributed by atoms with E-state index in [0.29, 0.717) is 0 Å². The Bertz CT molecular complexity index is 656. The van der Waals surface area contributed by atoms with Gasteiger partial charge in [-0.1, -0.05) is 27.7 Å². The van der Waals surface area contributed by atoms with Crippen LogP contribution in [-0.4, -0.2) is 46.4 Å². The third-order valence-electron chi connectivity index (χ3n) is 3.36. The van der Waals surface area contributed by atoms with Crippen LogP contribution in [0.1, 0.15) is 27.7 Å². The summed E-state index contributed by atoms with van der Waals surface area (Å²) in [6.07, 6.45) is 0. The number of hydrogen-bond donors (Lipinski definition) is 4. The zero-order valence-corrected chi connectivity index (χ0v) is 18.1. The van der Waals surface area contributed by atoms with E-state index < -0.39 is 26.5 Å². The van der Waals surface area contributed by atoms with Crippen molar-refractivity contribution in [1.82, 2.24) is 0 Å². The second kappa shape index (κ2) is 9.69. The molecular formula is C16H28O10P2. The monoisotopic (exact) mass is 442 g/mol. The van der Waals surface area contributed by atoms with Gasteiger partial charge in [0.15, 0.2) is 0 Å². The van der Waals surface area contributed by atoms with E-state index >= 15 is 0 Å². The molecule has 0 aromatic heterocycles. The average molecular weight is 442 g/mol. The van der Waals surface area contributed by atoms with Crippen molar-refractivity contribution in [3.8, 4) is 11.5 Å². The molecule has 1 aromatic rings. The summed E-state index contributed by atoms with van der Waals surface area (Å²) in [5.41, 5.74) is -1.43. The van der Waals surface area contributed by atoms with E-state index in [1.54, 1.807) is 27.7 Å². The lowest BCUT2D eigenvalue weighted by Crippen LogP contribution is -2.23. The van der Waals surface area contributed by atoms with E-state index in [2.05, 4.69) is 0 Å². The van der Waals surface area contributed by atoms with Crippen LogP contribution in [0, 0.1) is 10.8 Å². The van der Waals surface area contributed by atoms with Crippen molar-refractivity contribution in [2.45, 2.75) is 27.7 Å². The highest BCUT2D eigenvalue weighted by Crippen LogP contribution is 2.47. The summed E-state index contributed by atoms with van der Waals surface area (Å²) < 4.78 is 43.4. The SMILES string of the molecule is CC(C)(CO)COP(=O)(O)Oc1ccc(OP(=O)(O)OCC(C)(C)CO)cc1. The Morgan fingerprint density at radius 1 is 0.750 bits per heavy atom. The van der Waals surface area contributed by atoms with Crippen molar-refractivity contribution in [3.05, 3.63) is 24.3 Å². The van der Waals surface area contributed by atoms with Gasteiger partial charge in [-0.25, -0.2) is 9.13 Å². The summed E-state index contributed by atoms with van der Waals surface area (Å²) >= 11 is 0. The van der Waals surface area contributed by atoms with Crippen molar-refractivity contribution in [2.24, 2.45) is 10.8 Å². The Labute approximate surface area is 164 Å². The second-order valence-electron chi connectivity index (χ2n) is 7.78. The summed E-state index contributed by atoms with van der Waals surface area (Å²) in [4.78, 5) is 19.5. The Hall–Kier alpha value is -0.960. The highest BCUT2D eigenvalue weighted by Gasteiger charge is 2.29. The van der Waals surface area contributed by atoms with Gasteiger partial charge in [0.25, 0.3) is 0 Å². The molecule has 0 bridgehead atoms. The fourth-order valence-electron chi connectivity index (χ4n) is 1.48. The molecule has 0 spiro atoms. The molecule has 0 fully saturated rings. The maximum Gasteiger partial charge on any atom is 0.527 e. The zero-order valence-electron chi connectivity index (χ0n) is 16.3. The first kappa shape index (κ1) is 25.1. The van der Waals surface area contributed by atoms with Crippen LogP contribution in [0.15, 0.2) is 24.3 Å². The van der Waals surface area contributed by atoms with Crippen LogP contribution >= 0.6 is 15.6 Å². The quantitative estimate of drug-likeness (QED) is 0.356. The Balaban J connectivity index is 2.65. The van der Waals surface area contributed by atoms with Crippen LogP contribution in [0.25, 0.3) is 0 Å². The molecule has 0 aliphatic carbocycles. The minimum Gasteiger partial charge on any atom is -0.404 e. The molecular weight excluding hydrogens is 414 g/mol. The van der Waals surface area contributed by atoms with E-state index in [-0.39, 0.29) is 37.9 Å². The molecule has 0 saturated heterocycles. The van der Waals surface area contributed by atoms with Gasteiger partial charge in [0.2, 0.25) is 0 Å². The maximum atomic E-state index is 11.9. The lowest BCUT2D eigenvalue weighted by atomic mass is 9.97. The van der Waals surface area contributed by atoms with Gasteiger partial charge in [-0.3, -0.25) is 18.8 Å². The normalized spacial score (nSPS) is 16.9. The molecule has 10 nitrogen and oxygen atoms in total. The first-order valence-electron chi connectivity index (χ1n) is 8.35. The first-order valence-corrected chi connectivity index (χ1v) is 11.3. The minimum atomic E-state index is -4.42. The van der Waals surface area contributed by atoms with Gasteiger partial charge >= 0.3 is 15.6 Å². The summed E-state index contributed by atoms with van der Waals surface area (Å²) in [5.74, 6) is -0.0646. The van der Waals surface area contributed by atoms with Gasteiger partial charge in [0.05, 0.1) is 26.4 Å². The smallest absolute Gasteiger partial charge is 0.404 e. The van der Waals surface area contributed by atoms with Gasteiger partial charge in [-0.15, -0.1) is 0 Å². The molecule has 0 heterocycles. The molecule has 28 heavy (non-hydrogen) atoms. The summed E-state index contributed by atoms with van der Waals surface area (Å²) in [6, 6.07) is 4.99. The topological polar surface area (TPSA) is 152 Å². The molecule has 4 N–H and O–H groups in total. The Kier molecular flexibility index (Phi) is 8.68. The Morgan fingerprint density at radius 3 is 1.29 bits per heavy atom. The number of hydrogen-bond acceptors (Lipinski definition) is 8. The summed E-state index contributed by atoms with van der Waals surface area (Å²) in [6.45, 7) is 5.72.